The van der Waals surface area contributed by atoms with Crippen molar-refractivity contribution in [1.82, 2.24) is 19.4 Å². The quantitative estimate of drug-likeness (QED) is 0.238. The Morgan fingerprint density at radius 2 is 1.84 bits per heavy atom. The van der Waals surface area contributed by atoms with E-state index in [1.54, 1.807) is 51.1 Å². The van der Waals surface area contributed by atoms with Gasteiger partial charge in [0.2, 0.25) is 15.8 Å². The zero-order chi connectivity index (χ0) is 31.9. The molecule has 234 valence electrons. The fourth-order valence-corrected chi connectivity index (χ4v) is 5.78. The second-order valence-electron chi connectivity index (χ2n) is 11.5. The lowest BCUT2D eigenvalue weighted by Gasteiger charge is -2.34. The second-order valence-corrected chi connectivity index (χ2v) is 13.4. The van der Waals surface area contributed by atoms with Gasteiger partial charge in [0.15, 0.2) is 6.01 Å². The summed E-state index contributed by atoms with van der Waals surface area (Å²) in [5.41, 5.74) is -1.32. The predicted octanol–water partition coefficient (Wildman–Crippen LogP) is 6.62. The molecule has 1 amide bonds. The fourth-order valence-electron chi connectivity index (χ4n) is 5.09. The summed E-state index contributed by atoms with van der Waals surface area (Å²) < 4.78 is 87.9. The Bertz CT molecular complexity index is 1790. The number of likely N-dealkylation sites (tertiary alicyclic amines) is 1. The molecular formula is C30H31F4N5O4S. The molecule has 0 radical (unpaired) electrons. The van der Waals surface area contributed by atoms with Gasteiger partial charge in [-0.05, 0) is 57.9 Å². The number of fused-ring (bicyclic) bond motifs is 1. The monoisotopic (exact) mass is 633 g/mol. The lowest BCUT2D eigenvalue weighted by Crippen LogP contribution is -2.47. The number of hydrogen-bond acceptors (Lipinski definition) is 7. The van der Waals surface area contributed by atoms with E-state index in [9.17, 15) is 30.8 Å². The highest BCUT2D eigenvalue weighted by molar-refractivity contribution is 7.91. The maximum atomic E-state index is 14.3. The van der Waals surface area contributed by atoms with E-state index in [0.717, 1.165) is 6.07 Å². The van der Waals surface area contributed by atoms with Crippen molar-refractivity contribution >= 4 is 32.8 Å². The van der Waals surface area contributed by atoms with Crippen LogP contribution in [-0.4, -0.2) is 64.7 Å². The zero-order valence-electron chi connectivity index (χ0n) is 24.2. The van der Waals surface area contributed by atoms with E-state index < -0.39 is 45.0 Å². The van der Waals surface area contributed by atoms with Crippen molar-refractivity contribution in [2.24, 2.45) is 0 Å². The van der Waals surface area contributed by atoms with Gasteiger partial charge in [-0.15, -0.1) is 0 Å². The van der Waals surface area contributed by atoms with Gasteiger partial charge in [0, 0.05) is 48.2 Å². The van der Waals surface area contributed by atoms with Gasteiger partial charge in [0.25, 0.3) is 0 Å². The molecule has 0 unspecified atom stereocenters. The molecule has 1 aliphatic rings. The number of para-hydroxylation sites is 1. The summed E-state index contributed by atoms with van der Waals surface area (Å²) in [6, 6.07) is 10.4. The molecule has 5 rings (SSSR count). The van der Waals surface area contributed by atoms with E-state index >= 15 is 0 Å². The maximum Gasteiger partial charge on any atom is 0.419 e. The number of aromatic nitrogens is 3. The highest BCUT2D eigenvalue weighted by Gasteiger charge is 2.37. The summed E-state index contributed by atoms with van der Waals surface area (Å²) >= 11 is 0. The first-order valence-electron chi connectivity index (χ1n) is 13.8. The number of nitrogens with one attached hydrogen (secondary N) is 1. The van der Waals surface area contributed by atoms with Crippen LogP contribution in [0.1, 0.15) is 39.2 Å². The molecule has 0 saturated carbocycles. The third kappa shape index (κ3) is 6.64. The van der Waals surface area contributed by atoms with Gasteiger partial charge in [0.05, 0.1) is 16.1 Å². The Morgan fingerprint density at radius 1 is 1.11 bits per heavy atom. The average molecular weight is 634 g/mol. The van der Waals surface area contributed by atoms with Crippen LogP contribution in [0.3, 0.4) is 0 Å². The number of piperidine rings is 1. The number of nitrogens with zero attached hydrogens (tertiary/aromatic N) is 4. The molecule has 14 heteroatoms. The minimum Gasteiger partial charge on any atom is -0.444 e. The lowest BCUT2D eigenvalue weighted by atomic mass is 10.1. The summed E-state index contributed by atoms with van der Waals surface area (Å²) in [6.07, 6.45) is -1.90. The van der Waals surface area contributed by atoms with E-state index in [-0.39, 0.29) is 39.9 Å². The summed E-state index contributed by atoms with van der Waals surface area (Å²) in [5.74, 6) is -0.0683. The van der Waals surface area contributed by atoms with Crippen LogP contribution in [0.5, 0.6) is 0 Å². The molecule has 0 bridgehead atoms. The van der Waals surface area contributed by atoms with Crippen LogP contribution in [0.4, 0.5) is 28.3 Å². The van der Waals surface area contributed by atoms with Crippen LogP contribution in [0.15, 0.2) is 65.8 Å². The molecule has 44 heavy (non-hydrogen) atoms. The minimum absolute atomic E-state index is 0.0683. The van der Waals surface area contributed by atoms with Crippen molar-refractivity contribution < 1.29 is 35.5 Å². The molecule has 2 aromatic heterocycles. The minimum atomic E-state index is -4.81. The zero-order valence-corrected chi connectivity index (χ0v) is 25.0. The SMILES string of the molecule is CC(C)(C)OC(=O)N1CCC[C@H](Nc2ncc(C(F)(F)F)c(-c3cn(-c4ccccc4)c4cc(S(=O)(=O)CF)ccc34)n2)C1. The first-order chi connectivity index (χ1) is 20.7. The topological polar surface area (TPSA) is 106 Å². The number of sulfone groups is 1. The summed E-state index contributed by atoms with van der Waals surface area (Å²) in [7, 11) is -4.25. The van der Waals surface area contributed by atoms with Gasteiger partial charge >= 0.3 is 12.3 Å². The van der Waals surface area contributed by atoms with Crippen LogP contribution < -0.4 is 5.32 Å². The van der Waals surface area contributed by atoms with Crippen molar-refractivity contribution in [3.63, 3.8) is 0 Å². The van der Waals surface area contributed by atoms with Gasteiger partial charge < -0.3 is 19.5 Å². The van der Waals surface area contributed by atoms with Gasteiger partial charge in [0.1, 0.15) is 11.2 Å². The first kappa shape index (κ1) is 31.2. The number of rotatable bonds is 6. The van der Waals surface area contributed by atoms with Crippen LogP contribution in [0, 0.1) is 0 Å². The average Bonchev–Trinajstić information content (AvgIpc) is 3.35. The smallest absolute Gasteiger partial charge is 0.419 e. The predicted molar refractivity (Wildman–Crippen MR) is 157 cm³/mol. The largest absolute Gasteiger partial charge is 0.444 e. The van der Waals surface area contributed by atoms with Crippen molar-refractivity contribution in [1.29, 1.82) is 0 Å². The number of carbonyl (C=O) groups excluding carboxylic acids is 1. The van der Waals surface area contributed by atoms with Gasteiger partial charge in [-0.1, -0.05) is 24.3 Å². The van der Waals surface area contributed by atoms with Crippen molar-refractivity contribution in [3.05, 3.63) is 66.5 Å². The third-order valence-corrected chi connectivity index (χ3v) is 8.33. The number of halogens is 4. The highest BCUT2D eigenvalue weighted by Crippen LogP contribution is 2.40. The molecule has 1 fully saturated rings. The Morgan fingerprint density at radius 3 is 2.50 bits per heavy atom. The standard InChI is InChI=1S/C30H31F4N5O4S/c1-29(2,3)43-28(40)38-13-7-8-19(16-38)36-27-35-15-24(30(32,33)34)26(37-27)23-17-39(20-9-5-4-6-10-20)25-14-21(11-12-22(23)25)44(41,42)18-31/h4-6,9-12,14-15,17,19H,7-8,13,16,18H2,1-3H3,(H,35,36,37)/t19-/m0/s1. The highest BCUT2D eigenvalue weighted by atomic mass is 32.2. The van der Waals surface area contributed by atoms with Crippen LogP contribution in [0.25, 0.3) is 27.8 Å². The van der Waals surface area contributed by atoms with E-state index in [1.807, 2.05) is 0 Å². The van der Waals surface area contributed by atoms with E-state index in [0.29, 0.717) is 31.3 Å². The normalized spacial score (nSPS) is 16.2. The number of alkyl halides is 4. The molecule has 2 aromatic carbocycles. The van der Waals surface area contributed by atoms with Gasteiger partial charge in [-0.2, -0.15) is 13.2 Å². The Hall–Kier alpha value is -4.20. The van der Waals surface area contributed by atoms with Crippen LogP contribution >= 0.6 is 0 Å². The Labute approximate surface area is 251 Å². The number of carbonyl (C=O) groups is 1. The van der Waals surface area contributed by atoms with Gasteiger partial charge in [-0.3, -0.25) is 0 Å². The molecule has 3 heterocycles. The number of benzene rings is 2. The van der Waals surface area contributed by atoms with E-state index in [4.69, 9.17) is 4.74 Å². The molecule has 1 N–H and O–H groups in total. The molecule has 0 spiro atoms. The van der Waals surface area contributed by atoms with Gasteiger partial charge in [-0.25, -0.2) is 27.6 Å². The van der Waals surface area contributed by atoms with E-state index in [2.05, 4.69) is 15.3 Å². The van der Waals surface area contributed by atoms with Crippen molar-refractivity contribution in [2.75, 3.05) is 24.4 Å². The summed E-state index contributed by atoms with van der Waals surface area (Å²) in [5, 5.41) is 3.35. The van der Waals surface area contributed by atoms with Crippen molar-refractivity contribution in [2.45, 2.75) is 56.3 Å². The molecule has 1 saturated heterocycles. The summed E-state index contributed by atoms with van der Waals surface area (Å²) in [4.78, 5) is 22.1. The Balaban J connectivity index is 1.58. The third-order valence-electron chi connectivity index (χ3n) is 7.07. The number of anilines is 1. The van der Waals surface area contributed by atoms with Crippen LogP contribution in [-0.2, 0) is 20.8 Å². The molecular weight excluding hydrogens is 602 g/mol. The summed E-state index contributed by atoms with van der Waals surface area (Å²) in [6.45, 7) is 6.01. The number of hydrogen-bond donors (Lipinski definition) is 1. The second kappa shape index (κ2) is 11.7. The Kier molecular flexibility index (Phi) is 8.31. The first-order valence-corrected chi connectivity index (χ1v) is 15.5. The molecule has 1 atom stereocenters. The van der Waals surface area contributed by atoms with E-state index in [1.165, 1.54) is 27.8 Å². The van der Waals surface area contributed by atoms with Crippen LogP contribution in [0.2, 0.25) is 0 Å². The number of amides is 1. The molecule has 1 aliphatic heterocycles. The fraction of sp³-hybridized carbons (Fsp3) is 0.367. The lowest BCUT2D eigenvalue weighted by molar-refractivity contribution is -0.137. The maximum absolute atomic E-state index is 14.3. The van der Waals surface area contributed by atoms with Crippen molar-refractivity contribution in [3.8, 4) is 16.9 Å². The molecule has 4 aromatic rings. The molecule has 9 nitrogen and oxygen atoms in total. The molecule has 0 aliphatic carbocycles. The number of ether oxygens (including phenoxy) is 1.